The molecule has 1 saturated heterocycles. The predicted molar refractivity (Wildman–Crippen MR) is 103 cm³/mol. The van der Waals surface area contributed by atoms with E-state index in [0.717, 1.165) is 18.4 Å². The highest BCUT2D eigenvalue weighted by Crippen LogP contribution is 2.28. The summed E-state index contributed by atoms with van der Waals surface area (Å²) < 4.78 is 7.24. The second kappa shape index (κ2) is 8.57. The first-order chi connectivity index (χ1) is 13.5. The number of hydrogen-bond acceptors (Lipinski definition) is 5. The van der Waals surface area contributed by atoms with E-state index in [1.165, 1.54) is 6.07 Å². The number of aromatic nitrogens is 2. The molecule has 8 nitrogen and oxygen atoms in total. The summed E-state index contributed by atoms with van der Waals surface area (Å²) in [6, 6.07) is 6.74. The van der Waals surface area contributed by atoms with Crippen LogP contribution in [0.1, 0.15) is 36.8 Å². The molecule has 0 aliphatic carbocycles. The highest BCUT2D eigenvalue weighted by Gasteiger charge is 2.28. The third kappa shape index (κ3) is 4.31. The van der Waals surface area contributed by atoms with Gasteiger partial charge in [-0.25, -0.2) is 0 Å². The summed E-state index contributed by atoms with van der Waals surface area (Å²) in [6.07, 6.45) is 5.43. The molecule has 8 heteroatoms. The molecular formula is C20H23N5O3. The van der Waals surface area contributed by atoms with E-state index in [1.807, 2.05) is 32.4 Å². The number of nitrogens with one attached hydrogen (secondary N) is 1. The number of carbonyl (C=O) groups is 2. The van der Waals surface area contributed by atoms with Gasteiger partial charge in [0.1, 0.15) is 5.75 Å². The lowest BCUT2D eigenvalue weighted by Crippen LogP contribution is -2.43. The Labute approximate surface area is 163 Å². The van der Waals surface area contributed by atoms with Crippen molar-refractivity contribution in [2.24, 2.45) is 7.05 Å². The van der Waals surface area contributed by atoms with Gasteiger partial charge in [-0.1, -0.05) is 0 Å². The molecule has 0 bridgehead atoms. The number of hydrogen-bond donors (Lipinski definition) is 1. The maximum Gasteiger partial charge on any atom is 0.314 e. The van der Waals surface area contributed by atoms with Crippen molar-refractivity contribution in [3.8, 4) is 11.8 Å². The van der Waals surface area contributed by atoms with Crippen LogP contribution in [-0.2, 0) is 16.6 Å². The zero-order chi connectivity index (χ0) is 20.1. The van der Waals surface area contributed by atoms with Crippen LogP contribution >= 0.6 is 0 Å². The molecule has 1 aliphatic heterocycles. The average Bonchev–Trinajstić information content (AvgIpc) is 3.15. The number of likely N-dealkylation sites (tertiary alicyclic amines) is 1. The minimum Gasteiger partial charge on any atom is -0.492 e. The summed E-state index contributed by atoms with van der Waals surface area (Å²) in [5.41, 5.74) is 1.86. The van der Waals surface area contributed by atoms with E-state index in [4.69, 9.17) is 10.00 Å². The first-order valence-electron chi connectivity index (χ1n) is 9.27. The Morgan fingerprint density at radius 3 is 2.71 bits per heavy atom. The predicted octanol–water partition coefficient (Wildman–Crippen LogP) is 2.04. The van der Waals surface area contributed by atoms with Crippen LogP contribution in [0.25, 0.3) is 0 Å². The van der Waals surface area contributed by atoms with Crippen LogP contribution in [0.2, 0.25) is 0 Å². The van der Waals surface area contributed by atoms with Crippen LogP contribution in [0, 0.1) is 11.3 Å². The minimum atomic E-state index is -0.726. The van der Waals surface area contributed by atoms with E-state index in [-0.39, 0.29) is 0 Å². The van der Waals surface area contributed by atoms with E-state index in [1.54, 1.807) is 21.7 Å². The topological polar surface area (TPSA) is 100 Å². The summed E-state index contributed by atoms with van der Waals surface area (Å²) in [6.45, 7) is 3.26. The number of rotatable bonds is 4. The fourth-order valence-electron chi connectivity index (χ4n) is 3.36. The third-order valence-electron chi connectivity index (χ3n) is 4.83. The number of carbonyl (C=O) groups excluding carboxylic acids is 2. The van der Waals surface area contributed by atoms with Gasteiger partial charge in [-0.2, -0.15) is 10.4 Å². The molecule has 146 valence electrons. The van der Waals surface area contributed by atoms with Gasteiger partial charge in [0.05, 0.1) is 30.1 Å². The van der Waals surface area contributed by atoms with Gasteiger partial charge >= 0.3 is 11.8 Å². The lowest BCUT2D eigenvalue weighted by Gasteiger charge is -2.31. The monoisotopic (exact) mass is 381 g/mol. The summed E-state index contributed by atoms with van der Waals surface area (Å²) in [5, 5.41) is 15.9. The fourth-order valence-corrected chi connectivity index (χ4v) is 3.36. The van der Waals surface area contributed by atoms with Crippen molar-refractivity contribution in [2.45, 2.75) is 25.7 Å². The SMILES string of the molecule is CCOc1ccc(C#N)cc1NC(=O)C(=O)N1CCC(c2cnn(C)c2)CC1. The number of ether oxygens (including phenoxy) is 1. The molecule has 1 aromatic carbocycles. The molecule has 1 fully saturated rings. The number of piperidine rings is 1. The zero-order valence-electron chi connectivity index (χ0n) is 16.0. The molecule has 28 heavy (non-hydrogen) atoms. The number of nitriles is 1. The molecule has 1 N–H and O–H groups in total. The molecule has 3 rings (SSSR count). The van der Waals surface area contributed by atoms with Gasteiger partial charge in [0.25, 0.3) is 0 Å². The largest absolute Gasteiger partial charge is 0.492 e. The van der Waals surface area contributed by atoms with E-state index in [2.05, 4.69) is 10.4 Å². The molecule has 0 unspecified atom stereocenters. The van der Waals surface area contributed by atoms with Crippen LogP contribution in [0.3, 0.4) is 0 Å². The van der Waals surface area contributed by atoms with E-state index in [9.17, 15) is 9.59 Å². The molecule has 2 amide bonds. The van der Waals surface area contributed by atoms with Crippen molar-refractivity contribution in [1.29, 1.82) is 5.26 Å². The van der Waals surface area contributed by atoms with E-state index >= 15 is 0 Å². The van der Waals surface area contributed by atoms with Gasteiger partial charge < -0.3 is 15.0 Å². The van der Waals surface area contributed by atoms with Gasteiger partial charge in [0.15, 0.2) is 0 Å². The molecule has 1 aliphatic rings. The van der Waals surface area contributed by atoms with Crippen LogP contribution < -0.4 is 10.1 Å². The van der Waals surface area contributed by atoms with Gasteiger partial charge in [0.2, 0.25) is 0 Å². The van der Waals surface area contributed by atoms with Crippen LogP contribution in [0.4, 0.5) is 5.69 Å². The molecule has 0 atom stereocenters. The third-order valence-corrected chi connectivity index (χ3v) is 4.83. The van der Waals surface area contributed by atoms with Crippen molar-refractivity contribution in [3.63, 3.8) is 0 Å². The zero-order valence-corrected chi connectivity index (χ0v) is 16.0. The molecule has 0 saturated carbocycles. The first kappa shape index (κ1) is 19.4. The number of benzene rings is 1. The van der Waals surface area contributed by atoms with Gasteiger partial charge in [-0.3, -0.25) is 14.3 Å². The Balaban J connectivity index is 1.62. The molecule has 1 aromatic heterocycles. The molecule has 0 radical (unpaired) electrons. The number of anilines is 1. The molecule has 2 aromatic rings. The normalized spacial score (nSPS) is 14.4. The number of aryl methyl sites for hydroxylation is 1. The van der Waals surface area contributed by atoms with E-state index < -0.39 is 11.8 Å². The Bertz CT molecular complexity index is 907. The second-order valence-corrected chi connectivity index (χ2v) is 6.72. The highest BCUT2D eigenvalue weighted by atomic mass is 16.5. The molecule has 2 heterocycles. The lowest BCUT2D eigenvalue weighted by molar-refractivity contribution is -0.143. The van der Waals surface area contributed by atoms with Crippen molar-refractivity contribution < 1.29 is 14.3 Å². The highest BCUT2D eigenvalue weighted by molar-refractivity contribution is 6.39. The summed E-state index contributed by atoms with van der Waals surface area (Å²) >= 11 is 0. The minimum absolute atomic E-state index is 0.324. The van der Waals surface area contributed by atoms with Crippen molar-refractivity contribution in [2.75, 3.05) is 25.0 Å². The Hall–Kier alpha value is -3.34. The summed E-state index contributed by atoms with van der Waals surface area (Å²) in [7, 11) is 1.88. The first-order valence-corrected chi connectivity index (χ1v) is 9.27. The van der Waals surface area contributed by atoms with Crippen LogP contribution in [0.15, 0.2) is 30.6 Å². The van der Waals surface area contributed by atoms with Crippen molar-refractivity contribution >= 4 is 17.5 Å². The maximum absolute atomic E-state index is 12.6. The standard InChI is InChI=1S/C20H23N5O3/c1-3-28-18-5-4-14(11-21)10-17(18)23-19(26)20(27)25-8-6-15(7-9-25)16-12-22-24(2)13-16/h4-5,10,12-13,15H,3,6-9H2,1-2H3,(H,23,26). The van der Waals surface area contributed by atoms with Crippen molar-refractivity contribution in [3.05, 3.63) is 41.7 Å². The van der Waals surface area contributed by atoms with Gasteiger partial charge in [-0.05, 0) is 49.4 Å². The van der Waals surface area contributed by atoms with Crippen LogP contribution in [0.5, 0.6) is 5.75 Å². The fraction of sp³-hybridized carbons (Fsp3) is 0.400. The van der Waals surface area contributed by atoms with Gasteiger partial charge in [0, 0.05) is 26.3 Å². The number of amides is 2. The van der Waals surface area contributed by atoms with Crippen molar-refractivity contribution in [1.82, 2.24) is 14.7 Å². The summed E-state index contributed by atoms with van der Waals surface area (Å²) in [5.74, 6) is -0.527. The van der Waals surface area contributed by atoms with Crippen LogP contribution in [-0.4, -0.2) is 46.2 Å². The second-order valence-electron chi connectivity index (χ2n) is 6.72. The molecular weight excluding hydrogens is 358 g/mol. The summed E-state index contributed by atoms with van der Waals surface area (Å²) in [4.78, 5) is 26.6. The van der Waals surface area contributed by atoms with E-state index in [0.29, 0.717) is 42.6 Å². The number of nitrogens with zero attached hydrogens (tertiary/aromatic N) is 4. The Morgan fingerprint density at radius 1 is 1.36 bits per heavy atom. The maximum atomic E-state index is 12.6. The van der Waals surface area contributed by atoms with Gasteiger partial charge in [-0.15, -0.1) is 0 Å². The Morgan fingerprint density at radius 2 is 2.11 bits per heavy atom. The smallest absolute Gasteiger partial charge is 0.314 e. The molecule has 0 spiro atoms. The lowest BCUT2D eigenvalue weighted by atomic mass is 9.91. The average molecular weight is 381 g/mol. The Kier molecular flexibility index (Phi) is 5.94. The quantitative estimate of drug-likeness (QED) is 0.817.